The fourth-order valence-electron chi connectivity index (χ4n) is 6.79. The monoisotopic (exact) mass is 718 g/mol. The van der Waals surface area contributed by atoms with E-state index in [1.165, 1.54) is 167 Å². The molecule has 0 saturated heterocycles. The Balaban J connectivity index is 4.19. The van der Waals surface area contributed by atoms with Gasteiger partial charge in [0.2, 0.25) is 0 Å². The average Bonchev–Trinajstić information content (AvgIpc) is 3.07. The van der Waals surface area contributed by atoms with Gasteiger partial charge in [-0.15, -0.1) is 9.42 Å². The van der Waals surface area contributed by atoms with Gasteiger partial charge in [0.25, 0.3) is 0 Å². The smallest absolute Gasteiger partial charge is 0.462 e. The second-order valence-electron chi connectivity index (χ2n) is 14.9. The maximum absolute atomic E-state index is 12.7. The summed E-state index contributed by atoms with van der Waals surface area (Å²) in [5.41, 5.74) is 0. The molecule has 3 atom stereocenters. The molecule has 0 rings (SSSR count). The summed E-state index contributed by atoms with van der Waals surface area (Å²) < 4.78 is 21.0. The number of unbranched alkanes of at least 4 members (excludes halogenated alkanes) is 28. The summed E-state index contributed by atoms with van der Waals surface area (Å²) in [7, 11) is -2.81. The molecule has 49 heavy (non-hydrogen) atoms. The Morgan fingerprint density at radius 2 is 0.816 bits per heavy atom. The molecular weight excluding hydrogens is 635 g/mol. The van der Waals surface area contributed by atoms with E-state index < -0.39 is 26.4 Å². The second-order valence-corrected chi connectivity index (χ2v) is 15.6. The topological polar surface area (TPSA) is 113 Å². The van der Waals surface area contributed by atoms with E-state index in [-0.39, 0.29) is 25.6 Å². The Labute approximate surface area is 304 Å². The zero-order chi connectivity index (χ0) is 36.0. The lowest BCUT2D eigenvalue weighted by Gasteiger charge is -2.20. The van der Waals surface area contributed by atoms with Crippen molar-refractivity contribution in [1.82, 2.24) is 0 Å². The van der Waals surface area contributed by atoms with Crippen molar-refractivity contribution in [3.05, 3.63) is 0 Å². The molecule has 0 aromatic carbocycles. The van der Waals surface area contributed by atoms with Gasteiger partial charge in [-0.2, -0.15) is 0 Å². The molecule has 3 N–H and O–H groups in total. The van der Waals surface area contributed by atoms with Crippen molar-refractivity contribution in [2.24, 2.45) is 0 Å². The minimum absolute atomic E-state index is 0.110. The fourth-order valence-corrected chi connectivity index (χ4v) is 7.09. The van der Waals surface area contributed by atoms with Gasteiger partial charge in [-0.3, -0.25) is 4.79 Å². The van der Waals surface area contributed by atoms with E-state index in [4.69, 9.17) is 9.63 Å². The molecule has 0 saturated carbocycles. The first kappa shape index (κ1) is 48.4. The summed E-state index contributed by atoms with van der Waals surface area (Å²) in [6, 6.07) is 0. The van der Waals surface area contributed by atoms with Gasteiger partial charge in [0.1, 0.15) is 12.7 Å². The molecule has 0 aromatic rings. The Kier molecular flexibility index (Phi) is 38.2. The summed E-state index contributed by atoms with van der Waals surface area (Å²) in [6.07, 6.45) is 38.8. The Bertz CT molecular complexity index is 673. The Morgan fingerprint density at radius 3 is 1.12 bits per heavy atom. The van der Waals surface area contributed by atoms with Crippen molar-refractivity contribution < 1.29 is 33.7 Å². The highest BCUT2D eigenvalue weighted by Gasteiger charge is 2.22. The van der Waals surface area contributed by atoms with Crippen LogP contribution in [0.5, 0.6) is 0 Å². The number of esters is 1. The molecule has 0 fully saturated rings. The number of aliphatic hydroxyl groups excluding tert-OH is 2. The molecule has 0 heterocycles. The summed E-state index contributed by atoms with van der Waals surface area (Å²) >= 11 is 0. The van der Waals surface area contributed by atoms with Gasteiger partial charge in [-0.1, -0.05) is 194 Å². The number of aliphatic hydroxyl groups is 2. The summed E-state index contributed by atoms with van der Waals surface area (Å²) in [5, 5.41) is 20.1. The third kappa shape index (κ3) is 38.5. The fraction of sp³-hybridized carbons (Fsp3) is 0.976. The number of carbonyl (C=O) groups excluding carboxylic acids is 1. The summed E-state index contributed by atoms with van der Waals surface area (Å²) in [4.78, 5) is 21.4. The van der Waals surface area contributed by atoms with Crippen LogP contribution >= 0.6 is 8.25 Å². The average molecular weight is 718 g/mol. The van der Waals surface area contributed by atoms with Crippen LogP contribution in [0.15, 0.2) is 0 Å². The molecular formula is C41H82O7P+. The van der Waals surface area contributed by atoms with E-state index in [1.807, 2.05) is 0 Å². The molecule has 0 spiro atoms. The summed E-state index contributed by atoms with van der Waals surface area (Å²) in [5.74, 6) is -0.444. The highest BCUT2D eigenvalue weighted by Crippen LogP contribution is 2.20. The SMILES string of the molecule is CCCCCCCCCCCCCCCCCC(CCCCCCCCCCCCCCCCC)OC(=O)CC(O)CC(O)CO[P+](=O)O. The first-order valence-corrected chi connectivity index (χ1v) is 22.4. The maximum Gasteiger partial charge on any atom is 0.694 e. The van der Waals surface area contributed by atoms with E-state index in [0.717, 1.165) is 38.5 Å². The third-order valence-electron chi connectivity index (χ3n) is 9.88. The molecule has 0 aliphatic carbocycles. The van der Waals surface area contributed by atoms with Crippen molar-refractivity contribution >= 4 is 14.2 Å². The van der Waals surface area contributed by atoms with E-state index in [1.54, 1.807) is 0 Å². The van der Waals surface area contributed by atoms with Crippen LogP contribution in [0.2, 0.25) is 0 Å². The minimum Gasteiger partial charge on any atom is -0.462 e. The lowest BCUT2D eigenvalue weighted by Crippen LogP contribution is -2.26. The maximum atomic E-state index is 12.7. The molecule has 0 amide bonds. The molecule has 0 aliphatic rings. The molecule has 0 radical (unpaired) electrons. The van der Waals surface area contributed by atoms with E-state index in [9.17, 15) is 19.6 Å². The van der Waals surface area contributed by atoms with E-state index in [2.05, 4.69) is 18.4 Å². The predicted octanol–water partition coefficient (Wildman–Crippen LogP) is 12.6. The summed E-state index contributed by atoms with van der Waals surface area (Å²) in [6.45, 7) is 4.18. The predicted molar refractivity (Wildman–Crippen MR) is 206 cm³/mol. The van der Waals surface area contributed by atoms with Gasteiger partial charge in [0.15, 0.2) is 0 Å². The molecule has 0 bridgehead atoms. The van der Waals surface area contributed by atoms with Crippen LogP contribution in [0, 0.1) is 0 Å². The molecule has 0 aliphatic heterocycles. The normalized spacial score (nSPS) is 13.2. The zero-order valence-corrected chi connectivity index (χ0v) is 33.3. The number of rotatable bonds is 40. The highest BCUT2D eigenvalue weighted by atomic mass is 31.1. The van der Waals surface area contributed by atoms with Gasteiger partial charge < -0.3 is 14.9 Å². The van der Waals surface area contributed by atoms with Gasteiger partial charge in [0.05, 0.1) is 18.6 Å². The van der Waals surface area contributed by atoms with E-state index >= 15 is 0 Å². The minimum atomic E-state index is -2.81. The van der Waals surface area contributed by atoms with Crippen LogP contribution in [-0.2, 0) is 18.6 Å². The van der Waals surface area contributed by atoms with Gasteiger partial charge in [-0.05, 0) is 25.7 Å². The number of ether oxygens (including phenoxy) is 1. The van der Waals surface area contributed by atoms with Crippen LogP contribution in [0.3, 0.4) is 0 Å². The third-order valence-corrected chi connectivity index (χ3v) is 10.3. The van der Waals surface area contributed by atoms with Crippen LogP contribution in [0.25, 0.3) is 0 Å². The van der Waals surface area contributed by atoms with Gasteiger partial charge in [0, 0.05) is 11.0 Å². The van der Waals surface area contributed by atoms with Gasteiger partial charge in [-0.25, -0.2) is 0 Å². The van der Waals surface area contributed by atoms with Crippen LogP contribution in [-0.4, -0.2) is 46.0 Å². The molecule has 292 valence electrons. The number of carbonyl (C=O) groups is 1. The van der Waals surface area contributed by atoms with Crippen LogP contribution in [0.1, 0.15) is 232 Å². The molecule has 8 heteroatoms. The molecule has 3 unspecified atom stereocenters. The first-order valence-electron chi connectivity index (χ1n) is 21.2. The lowest BCUT2D eigenvalue weighted by atomic mass is 10.0. The largest absolute Gasteiger partial charge is 0.694 e. The first-order chi connectivity index (χ1) is 23.9. The molecule has 7 nitrogen and oxygen atoms in total. The standard InChI is InChI=1S/C41H81O7P/c1-3-5-7-9-11-13-15-17-19-21-23-25-27-29-31-33-40(48-41(44)36-38(42)35-39(43)37-47-49(45)46)34-32-30-28-26-24-22-20-18-16-14-12-10-8-6-4-2/h38-40,42-43H,3-37H2,1-2H3/p+1. The van der Waals surface area contributed by atoms with Crippen molar-refractivity contribution in [3.8, 4) is 0 Å². The van der Waals surface area contributed by atoms with Crippen LogP contribution in [0.4, 0.5) is 0 Å². The van der Waals surface area contributed by atoms with Crippen molar-refractivity contribution in [2.45, 2.75) is 250 Å². The van der Waals surface area contributed by atoms with E-state index in [0.29, 0.717) is 0 Å². The van der Waals surface area contributed by atoms with Crippen molar-refractivity contribution in [3.63, 3.8) is 0 Å². The number of hydrogen-bond donors (Lipinski definition) is 3. The van der Waals surface area contributed by atoms with Crippen molar-refractivity contribution in [2.75, 3.05) is 6.61 Å². The van der Waals surface area contributed by atoms with Crippen molar-refractivity contribution in [1.29, 1.82) is 0 Å². The van der Waals surface area contributed by atoms with Crippen LogP contribution < -0.4 is 0 Å². The second kappa shape index (κ2) is 38.6. The Morgan fingerprint density at radius 1 is 0.510 bits per heavy atom. The lowest BCUT2D eigenvalue weighted by molar-refractivity contribution is -0.152. The zero-order valence-electron chi connectivity index (χ0n) is 32.4. The highest BCUT2D eigenvalue weighted by molar-refractivity contribution is 7.32. The van der Waals surface area contributed by atoms with Gasteiger partial charge >= 0.3 is 14.2 Å². The quantitative estimate of drug-likeness (QED) is 0.0328. The molecule has 0 aromatic heterocycles. The Hall–Kier alpha value is -0.590. The number of hydrogen-bond acceptors (Lipinski definition) is 6.